The Bertz CT molecular complexity index is 675. The molecule has 0 saturated carbocycles. The Balaban J connectivity index is 2.34. The van der Waals surface area contributed by atoms with Crippen LogP contribution in [0.2, 0.25) is 0 Å². The van der Waals surface area contributed by atoms with E-state index in [0.29, 0.717) is 17.5 Å². The molecule has 2 aromatic rings. The average molecular weight is 306 g/mol. The zero-order valence-electron chi connectivity index (χ0n) is 12.5. The van der Waals surface area contributed by atoms with Crippen LogP contribution in [-0.4, -0.2) is 6.61 Å². The van der Waals surface area contributed by atoms with Crippen molar-refractivity contribution >= 4 is 6.08 Å². The molecule has 2 aromatic carbocycles. The molecule has 1 nitrogen and oxygen atoms in total. The molecule has 0 saturated heterocycles. The summed E-state index contributed by atoms with van der Waals surface area (Å²) in [5.41, 5.74) is 1.34. The Morgan fingerprint density at radius 2 is 1.68 bits per heavy atom. The van der Waals surface area contributed by atoms with Gasteiger partial charge >= 0.3 is 0 Å². The second kappa shape index (κ2) is 7.16. The molecule has 0 spiro atoms. The van der Waals surface area contributed by atoms with Crippen LogP contribution in [0.25, 0.3) is 17.2 Å². The zero-order chi connectivity index (χ0) is 16.1. The highest BCUT2D eigenvalue weighted by Crippen LogP contribution is 2.30. The maximum Gasteiger partial charge on any atom is 0.201 e. The van der Waals surface area contributed by atoms with E-state index in [2.05, 4.69) is 0 Å². The van der Waals surface area contributed by atoms with Crippen LogP contribution in [0.4, 0.5) is 13.2 Å². The molecule has 0 aliphatic heterocycles. The van der Waals surface area contributed by atoms with Crippen molar-refractivity contribution in [3.8, 4) is 16.9 Å². The third-order valence-corrected chi connectivity index (χ3v) is 3.23. The van der Waals surface area contributed by atoms with Gasteiger partial charge in [-0.1, -0.05) is 31.2 Å². The van der Waals surface area contributed by atoms with Gasteiger partial charge in [-0.3, -0.25) is 0 Å². The van der Waals surface area contributed by atoms with E-state index in [0.717, 1.165) is 0 Å². The van der Waals surface area contributed by atoms with Crippen LogP contribution in [0.1, 0.15) is 25.8 Å². The second-order valence-electron chi connectivity index (χ2n) is 4.74. The van der Waals surface area contributed by atoms with Crippen molar-refractivity contribution < 1.29 is 17.9 Å². The number of benzene rings is 2. The van der Waals surface area contributed by atoms with E-state index in [9.17, 15) is 13.2 Å². The van der Waals surface area contributed by atoms with E-state index in [1.807, 2.05) is 0 Å². The predicted octanol–water partition coefficient (Wildman–Crippen LogP) is 5.75. The molecule has 0 N–H and O–H groups in total. The number of halogens is 3. The van der Waals surface area contributed by atoms with Gasteiger partial charge in [0.25, 0.3) is 0 Å². The molecule has 0 heterocycles. The Morgan fingerprint density at radius 3 is 2.27 bits per heavy atom. The summed E-state index contributed by atoms with van der Waals surface area (Å²) in [6, 6.07) is 9.47. The van der Waals surface area contributed by atoms with Crippen LogP contribution < -0.4 is 4.74 Å². The number of allylic oxidation sites excluding steroid dienone is 1. The standard InChI is InChI=1S/C18H17F3O/c1-3-14(19)11-12-5-7-13(8-6-12)15-9-10-16(22-4-2)18(21)17(15)20/h5-11H,3-4H2,1-2H3/b14-11-. The molecular weight excluding hydrogens is 289 g/mol. The van der Waals surface area contributed by atoms with Gasteiger partial charge in [0.2, 0.25) is 5.82 Å². The lowest BCUT2D eigenvalue weighted by Crippen LogP contribution is -1.98. The predicted molar refractivity (Wildman–Crippen MR) is 82.3 cm³/mol. The molecule has 22 heavy (non-hydrogen) atoms. The highest BCUT2D eigenvalue weighted by atomic mass is 19.2. The summed E-state index contributed by atoms with van der Waals surface area (Å²) in [6.45, 7) is 3.69. The van der Waals surface area contributed by atoms with Gasteiger partial charge in [0.1, 0.15) is 5.83 Å². The smallest absolute Gasteiger partial charge is 0.201 e. The summed E-state index contributed by atoms with van der Waals surface area (Å²) in [4.78, 5) is 0. The monoisotopic (exact) mass is 306 g/mol. The minimum atomic E-state index is -1.000. The molecule has 0 radical (unpaired) electrons. The first-order valence-corrected chi connectivity index (χ1v) is 7.14. The molecule has 0 aliphatic carbocycles. The highest BCUT2D eigenvalue weighted by molar-refractivity contribution is 5.67. The van der Waals surface area contributed by atoms with Gasteiger partial charge in [-0.05, 0) is 42.7 Å². The van der Waals surface area contributed by atoms with E-state index in [1.165, 1.54) is 18.2 Å². The maximum atomic E-state index is 14.1. The fourth-order valence-electron chi connectivity index (χ4n) is 2.06. The summed E-state index contributed by atoms with van der Waals surface area (Å²) in [7, 11) is 0. The van der Waals surface area contributed by atoms with Gasteiger partial charge in [-0.25, -0.2) is 8.78 Å². The fraction of sp³-hybridized carbons (Fsp3) is 0.222. The van der Waals surface area contributed by atoms with Crippen molar-refractivity contribution in [2.45, 2.75) is 20.3 Å². The summed E-state index contributed by atoms with van der Waals surface area (Å²) in [6.07, 6.45) is 1.74. The Kier molecular flexibility index (Phi) is 5.26. The Morgan fingerprint density at radius 1 is 1.00 bits per heavy atom. The fourth-order valence-corrected chi connectivity index (χ4v) is 2.06. The molecule has 2 rings (SSSR count). The average Bonchev–Trinajstić information content (AvgIpc) is 2.53. The highest BCUT2D eigenvalue weighted by Gasteiger charge is 2.15. The van der Waals surface area contributed by atoms with Gasteiger partial charge < -0.3 is 4.74 Å². The molecule has 116 valence electrons. The van der Waals surface area contributed by atoms with Crippen molar-refractivity contribution in [3.63, 3.8) is 0 Å². The van der Waals surface area contributed by atoms with E-state index in [1.54, 1.807) is 38.1 Å². The number of ether oxygens (including phenoxy) is 1. The number of rotatable bonds is 5. The van der Waals surface area contributed by atoms with E-state index in [-0.39, 0.29) is 23.7 Å². The Labute approximate surface area is 128 Å². The molecule has 0 aliphatic rings. The minimum absolute atomic E-state index is 0.103. The molecule has 0 atom stereocenters. The van der Waals surface area contributed by atoms with Gasteiger partial charge in [0, 0.05) is 5.56 Å². The molecule has 0 aromatic heterocycles. The summed E-state index contributed by atoms with van der Waals surface area (Å²) < 4.78 is 46.2. The third-order valence-electron chi connectivity index (χ3n) is 3.23. The van der Waals surface area contributed by atoms with Crippen molar-refractivity contribution in [1.29, 1.82) is 0 Å². The first-order chi connectivity index (χ1) is 10.6. The van der Waals surface area contributed by atoms with Crippen LogP contribution >= 0.6 is 0 Å². The minimum Gasteiger partial charge on any atom is -0.491 e. The quantitative estimate of drug-likeness (QED) is 0.683. The van der Waals surface area contributed by atoms with Crippen molar-refractivity contribution in [1.82, 2.24) is 0 Å². The van der Waals surface area contributed by atoms with Gasteiger partial charge in [-0.15, -0.1) is 0 Å². The van der Waals surface area contributed by atoms with E-state index >= 15 is 0 Å². The molecule has 0 amide bonds. The Hall–Kier alpha value is -2.23. The lowest BCUT2D eigenvalue weighted by Gasteiger charge is -2.09. The van der Waals surface area contributed by atoms with Gasteiger partial charge in [0.05, 0.1) is 6.61 Å². The first kappa shape index (κ1) is 16.1. The van der Waals surface area contributed by atoms with E-state index in [4.69, 9.17) is 4.74 Å². The van der Waals surface area contributed by atoms with Crippen LogP contribution in [0.15, 0.2) is 42.2 Å². The van der Waals surface area contributed by atoms with Gasteiger partial charge in [0.15, 0.2) is 11.6 Å². The lowest BCUT2D eigenvalue weighted by molar-refractivity contribution is 0.314. The van der Waals surface area contributed by atoms with Crippen LogP contribution in [0.3, 0.4) is 0 Å². The SMILES string of the molecule is CCOc1ccc(-c2ccc(/C=C(\F)CC)cc2)c(F)c1F. The number of hydrogen-bond donors (Lipinski definition) is 0. The van der Waals surface area contributed by atoms with Crippen molar-refractivity contribution in [2.24, 2.45) is 0 Å². The molecule has 4 heteroatoms. The molecule has 0 bridgehead atoms. The third kappa shape index (κ3) is 3.50. The normalized spacial score (nSPS) is 11.6. The number of hydrogen-bond acceptors (Lipinski definition) is 1. The van der Waals surface area contributed by atoms with E-state index < -0.39 is 11.6 Å². The zero-order valence-corrected chi connectivity index (χ0v) is 12.5. The summed E-state index contributed by atoms with van der Waals surface area (Å²) >= 11 is 0. The van der Waals surface area contributed by atoms with Crippen molar-refractivity contribution in [2.75, 3.05) is 6.61 Å². The summed E-state index contributed by atoms with van der Waals surface area (Å²) in [5.74, 6) is -2.28. The van der Waals surface area contributed by atoms with Crippen LogP contribution in [-0.2, 0) is 0 Å². The van der Waals surface area contributed by atoms with Crippen LogP contribution in [0, 0.1) is 11.6 Å². The second-order valence-corrected chi connectivity index (χ2v) is 4.74. The molecular formula is C18H17F3O. The van der Waals surface area contributed by atoms with Gasteiger partial charge in [-0.2, -0.15) is 4.39 Å². The molecule has 0 fully saturated rings. The summed E-state index contributed by atoms with van der Waals surface area (Å²) in [5, 5.41) is 0. The largest absolute Gasteiger partial charge is 0.491 e. The first-order valence-electron chi connectivity index (χ1n) is 7.14. The molecule has 0 unspecified atom stereocenters. The lowest BCUT2D eigenvalue weighted by atomic mass is 10.0. The topological polar surface area (TPSA) is 9.23 Å². The van der Waals surface area contributed by atoms with Crippen molar-refractivity contribution in [3.05, 3.63) is 59.4 Å². The maximum absolute atomic E-state index is 14.1. The van der Waals surface area contributed by atoms with Crippen LogP contribution in [0.5, 0.6) is 5.75 Å².